The minimum atomic E-state index is 0.591. The second-order valence-electron chi connectivity index (χ2n) is 3.60. The highest BCUT2D eigenvalue weighted by Crippen LogP contribution is 2.19. The molecule has 0 aromatic heterocycles. The average molecular weight is 168 g/mol. The van der Waals surface area contributed by atoms with Crippen LogP contribution in [0.25, 0.3) is 10.8 Å². The van der Waals surface area contributed by atoms with E-state index in [4.69, 9.17) is 0 Å². The van der Waals surface area contributed by atoms with Crippen LogP contribution in [0, 0.1) is 12.1 Å². The Hall–Kier alpha value is -1.48. The molecule has 2 rings (SSSR count). The minimum absolute atomic E-state index is 0.591. The maximum atomic E-state index is 3.09. The Morgan fingerprint density at radius 3 is 2.77 bits per heavy atom. The van der Waals surface area contributed by atoms with Crippen LogP contribution in [0.3, 0.4) is 0 Å². The van der Waals surface area contributed by atoms with E-state index in [1.165, 1.54) is 10.9 Å². The van der Waals surface area contributed by atoms with Crippen molar-refractivity contribution in [1.82, 2.24) is 0 Å². The van der Waals surface area contributed by atoms with E-state index in [2.05, 4.69) is 50.2 Å². The molecule has 13 heavy (non-hydrogen) atoms. The highest BCUT2D eigenvalue weighted by molar-refractivity contribution is 5.81. The second kappa shape index (κ2) is 3.11. The Morgan fingerprint density at radius 2 is 2.00 bits per heavy atom. The molecule has 0 aliphatic heterocycles. The summed E-state index contributed by atoms with van der Waals surface area (Å²) in [6.07, 6.45) is 0. The smallest absolute Gasteiger partial charge is 0.0321 e. The van der Waals surface area contributed by atoms with Crippen LogP contribution in [0.1, 0.15) is 25.3 Å². The van der Waals surface area contributed by atoms with Gasteiger partial charge in [-0.3, -0.25) is 0 Å². The van der Waals surface area contributed by atoms with E-state index in [1.807, 2.05) is 6.07 Å². The van der Waals surface area contributed by atoms with Gasteiger partial charge in [-0.1, -0.05) is 38.1 Å². The molecule has 0 bridgehead atoms. The molecule has 0 radical (unpaired) electrons. The first-order chi connectivity index (χ1) is 6.27. The van der Waals surface area contributed by atoms with E-state index in [-0.39, 0.29) is 0 Å². The molecule has 0 spiro atoms. The SMILES string of the molecule is CC(C)c1ccc2c#cccc2c1. The Morgan fingerprint density at radius 1 is 1.15 bits per heavy atom. The molecule has 0 aliphatic rings. The summed E-state index contributed by atoms with van der Waals surface area (Å²) in [5.74, 6) is 0.591. The molecular weight excluding hydrogens is 156 g/mol. The minimum Gasteiger partial charge on any atom is -0.0696 e. The Kier molecular flexibility index (Phi) is 1.94. The van der Waals surface area contributed by atoms with Crippen LogP contribution in [0.15, 0.2) is 30.3 Å². The van der Waals surface area contributed by atoms with Crippen molar-refractivity contribution < 1.29 is 0 Å². The van der Waals surface area contributed by atoms with Gasteiger partial charge in [0.15, 0.2) is 0 Å². The summed E-state index contributed by atoms with van der Waals surface area (Å²) in [4.78, 5) is 0. The number of benzene rings is 1. The monoisotopic (exact) mass is 168 g/mol. The van der Waals surface area contributed by atoms with E-state index in [0.717, 1.165) is 5.39 Å². The van der Waals surface area contributed by atoms with Gasteiger partial charge < -0.3 is 0 Å². The molecule has 0 nitrogen and oxygen atoms in total. The Bertz CT molecular complexity index is 413. The molecule has 0 heteroatoms. The summed E-state index contributed by atoms with van der Waals surface area (Å²) in [5, 5.41) is 2.40. The molecule has 0 unspecified atom stereocenters. The molecule has 0 heterocycles. The van der Waals surface area contributed by atoms with Crippen molar-refractivity contribution in [3.8, 4) is 0 Å². The van der Waals surface area contributed by atoms with Gasteiger partial charge in [0.2, 0.25) is 0 Å². The third-order valence-corrected chi connectivity index (χ3v) is 2.30. The number of rotatable bonds is 1. The summed E-state index contributed by atoms with van der Waals surface area (Å²) in [7, 11) is 0. The van der Waals surface area contributed by atoms with Crippen LogP contribution in [-0.4, -0.2) is 0 Å². The summed E-state index contributed by atoms with van der Waals surface area (Å²) < 4.78 is 0. The maximum Gasteiger partial charge on any atom is 0.0321 e. The second-order valence-corrected chi connectivity index (χ2v) is 3.60. The van der Waals surface area contributed by atoms with Crippen LogP contribution in [-0.2, 0) is 0 Å². The quantitative estimate of drug-likeness (QED) is 0.610. The van der Waals surface area contributed by atoms with Crippen LogP contribution in [0.5, 0.6) is 0 Å². The summed E-state index contributed by atoms with van der Waals surface area (Å²) in [6, 6.07) is 16.5. The molecule has 0 aliphatic carbocycles. The van der Waals surface area contributed by atoms with Crippen molar-refractivity contribution in [3.63, 3.8) is 0 Å². The van der Waals surface area contributed by atoms with E-state index in [1.54, 1.807) is 0 Å². The first kappa shape index (κ1) is 8.13. The number of hydrogen-bond acceptors (Lipinski definition) is 0. The average Bonchev–Trinajstić information content (AvgIpc) is 2.17. The highest BCUT2D eigenvalue weighted by Gasteiger charge is 1.99. The lowest BCUT2D eigenvalue weighted by molar-refractivity contribution is 0.869. The van der Waals surface area contributed by atoms with Crippen LogP contribution in [0.4, 0.5) is 0 Å². The molecule has 0 saturated carbocycles. The standard InChI is InChI=1S/C13H12/c1-10(2)12-8-7-11-5-3-4-6-13(11)9-12/h4,6-10H,1-2H3. The van der Waals surface area contributed by atoms with Gasteiger partial charge in [0, 0.05) is 5.39 Å². The zero-order valence-corrected chi connectivity index (χ0v) is 7.96. The van der Waals surface area contributed by atoms with Crippen molar-refractivity contribution in [1.29, 1.82) is 0 Å². The van der Waals surface area contributed by atoms with Crippen molar-refractivity contribution >= 4 is 10.8 Å². The van der Waals surface area contributed by atoms with E-state index in [9.17, 15) is 0 Å². The van der Waals surface area contributed by atoms with Gasteiger partial charge in [0.1, 0.15) is 0 Å². The number of hydrogen-bond donors (Lipinski definition) is 0. The third-order valence-electron chi connectivity index (χ3n) is 2.30. The summed E-state index contributed by atoms with van der Waals surface area (Å²) in [5.41, 5.74) is 1.38. The van der Waals surface area contributed by atoms with Gasteiger partial charge >= 0.3 is 0 Å². The van der Waals surface area contributed by atoms with Gasteiger partial charge in [0.05, 0.1) is 0 Å². The normalized spacial score (nSPS) is 10.4. The van der Waals surface area contributed by atoms with Crippen LogP contribution >= 0.6 is 0 Å². The molecule has 64 valence electrons. The van der Waals surface area contributed by atoms with Crippen LogP contribution < -0.4 is 0 Å². The first-order valence-electron chi connectivity index (χ1n) is 4.59. The predicted octanol–water partition coefficient (Wildman–Crippen LogP) is 3.56. The topological polar surface area (TPSA) is 0 Å². The van der Waals surface area contributed by atoms with Crippen molar-refractivity contribution in [2.24, 2.45) is 0 Å². The Labute approximate surface area is 79.2 Å². The fourth-order valence-electron chi connectivity index (χ4n) is 1.44. The lowest BCUT2D eigenvalue weighted by Crippen LogP contribution is -1.85. The van der Waals surface area contributed by atoms with Gasteiger partial charge in [-0.05, 0) is 35.1 Å². The molecule has 0 fully saturated rings. The van der Waals surface area contributed by atoms with Crippen molar-refractivity contribution in [2.45, 2.75) is 19.8 Å². The molecule has 0 amide bonds. The van der Waals surface area contributed by atoms with Crippen LogP contribution in [0.2, 0.25) is 0 Å². The third kappa shape index (κ3) is 1.51. The fourth-order valence-corrected chi connectivity index (χ4v) is 1.44. The lowest BCUT2D eigenvalue weighted by Gasteiger charge is -2.04. The van der Waals surface area contributed by atoms with E-state index < -0.39 is 0 Å². The van der Waals surface area contributed by atoms with E-state index >= 15 is 0 Å². The summed E-state index contributed by atoms with van der Waals surface area (Å²) >= 11 is 0. The zero-order chi connectivity index (χ0) is 9.26. The molecule has 2 aromatic rings. The van der Waals surface area contributed by atoms with E-state index in [0.29, 0.717) is 5.92 Å². The fraction of sp³-hybridized carbons (Fsp3) is 0.231. The van der Waals surface area contributed by atoms with Gasteiger partial charge in [0.25, 0.3) is 0 Å². The lowest BCUT2D eigenvalue weighted by atomic mass is 10.0. The van der Waals surface area contributed by atoms with Crippen molar-refractivity contribution in [3.05, 3.63) is 48.0 Å². The van der Waals surface area contributed by atoms with Gasteiger partial charge in [-0.25, -0.2) is 0 Å². The van der Waals surface area contributed by atoms with Gasteiger partial charge in [-0.2, -0.15) is 0 Å². The predicted molar refractivity (Wildman–Crippen MR) is 55.7 cm³/mol. The molecular formula is C13H12. The Balaban J connectivity index is 2.62. The van der Waals surface area contributed by atoms with Crippen molar-refractivity contribution in [2.75, 3.05) is 0 Å². The zero-order valence-electron chi connectivity index (χ0n) is 7.96. The highest BCUT2D eigenvalue weighted by atomic mass is 14.0. The first-order valence-corrected chi connectivity index (χ1v) is 4.59. The maximum absolute atomic E-state index is 3.09. The summed E-state index contributed by atoms with van der Waals surface area (Å²) in [6.45, 7) is 4.42. The largest absolute Gasteiger partial charge is 0.0696 e. The van der Waals surface area contributed by atoms with Gasteiger partial charge in [-0.15, -0.1) is 0 Å². The molecule has 0 saturated heterocycles. The molecule has 2 aromatic carbocycles. The molecule has 0 atom stereocenters. The molecule has 0 N–H and O–H groups in total. The number of fused-ring (bicyclic) bond motifs is 1.